The standard InChI is InChI=1S/C11H21N3O3/c1-3-4-13-10(15)7(2)14-11(16)8-5-17-6-9(8)12/h7-9H,3-6,12H2,1-2H3,(H,13,15)(H,14,16). The molecule has 98 valence electrons. The highest BCUT2D eigenvalue weighted by Gasteiger charge is 2.32. The lowest BCUT2D eigenvalue weighted by Crippen LogP contribution is -2.49. The highest BCUT2D eigenvalue weighted by atomic mass is 16.5. The molecule has 1 saturated heterocycles. The minimum Gasteiger partial charge on any atom is -0.379 e. The molecule has 1 aliphatic rings. The van der Waals surface area contributed by atoms with Gasteiger partial charge in [-0.15, -0.1) is 0 Å². The Hall–Kier alpha value is -1.14. The third-order valence-corrected chi connectivity index (χ3v) is 2.76. The van der Waals surface area contributed by atoms with Crippen LogP contribution in [0.4, 0.5) is 0 Å². The summed E-state index contributed by atoms with van der Waals surface area (Å²) in [5.74, 6) is -0.738. The molecule has 0 aromatic rings. The molecule has 0 aliphatic carbocycles. The monoisotopic (exact) mass is 243 g/mol. The second-order valence-electron chi connectivity index (χ2n) is 4.33. The predicted molar refractivity (Wildman–Crippen MR) is 63.2 cm³/mol. The summed E-state index contributed by atoms with van der Waals surface area (Å²) in [6, 6.07) is -0.817. The van der Waals surface area contributed by atoms with Crippen molar-refractivity contribution in [1.82, 2.24) is 10.6 Å². The molecule has 0 aromatic carbocycles. The van der Waals surface area contributed by atoms with Gasteiger partial charge in [0.15, 0.2) is 0 Å². The molecule has 6 heteroatoms. The van der Waals surface area contributed by atoms with Crippen LogP contribution in [0, 0.1) is 5.92 Å². The summed E-state index contributed by atoms with van der Waals surface area (Å²) in [5.41, 5.74) is 5.73. The van der Waals surface area contributed by atoms with E-state index in [0.717, 1.165) is 6.42 Å². The lowest BCUT2D eigenvalue weighted by molar-refractivity contribution is -0.130. The highest BCUT2D eigenvalue weighted by molar-refractivity contribution is 5.88. The number of hydrogen-bond donors (Lipinski definition) is 3. The fourth-order valence-electron chi connectivity index (χ4n) is 1.63. The average molecular weight is 243 g/mol. The van der Waals surface area contributed by atoms with Crippen LogP contribution in [0.3, 0.4) is 0 Å². The number of carbonyl (C=O) groups excluding carboxylic acids is 2. The van der Waals surface area contributed by atoms with E-state index in [1.54, 1.807) is 6.92 Å². The zero-order valence-electron chi connectivity index (χ0n) is 10.4. The van der Waals surface area contributed by atoms with Gasteiger partial charge in [0.2, 0.25) is 11.8 Å². The summed E-state index contributed by atoms with van der Waals surface area (Å²) >= 11 is 0. The number of ether oxygens (including phenoxy) is 1. The zero-order chi connectivity index (χ0) is 12.8. The summed E-state index contributed by atoms with van der Waals surface area (Å²) in [4.78, 5) is 23.3. The Morgan fingerprint density at radius 1 is 1.47 bits per heavy atom. The molecule has 3 atom stereocenters. The topological polar surface area (TPSA) is 93.5 Å². The van der Waals surface area contributed by atoms with E-state index >= 15 is 0 Å². The lowest BCUT2D eigenvalue weighted by Gasteiger charge is -2.18. The number of carbonyl (C=O) groups is 2. The van der Waals surface area contributed by atoms with Crippen LogP contribution in [-0.4, -0.2) is 43.7 Å². The van der Waals surface area contributed by atoms with E-state index in [9.17, 15) is 9.59 Å². The summed E-state index contributed by atoms with van der Waals surface area (Å²) < 4.78 is 5.11. The first kappa shape index (κ1) is 13.9. The van der Waals surface area contributed by atoms with Crippen molar-refractivity contribution in [2.45, 2.75) is 32.4 Å². The number of nitrogens with one attached hydrogen (secondary N) is 2. The van der Waals surface area contributed by atoms with E-state index in [1.165, 1.54) is 0 Å². The van der Waals surface area contributed by atoms with E-state index in [4.69, 9.17) is 10.5 Å². The largest absolute Gasteiger partial charge is 0.379 e. The van der Waals surface area contributed by atoms with E-state index in [0.29, 0.717) is 19.8 Å². The van der Waals surface area contributed by atoms with E-state index in [2.05, 4.69) is 10.6 Å². The van der Waals surface area contributed by atoms with Crippen molar-refractivity contribution >= 4 is 11.8 Å². The maximum Gasteiger partial charge on any atom is 0.242 e. The van der Waals surface area contributed by atoms with Crippen LogP contribution in [0.1, 0.15) is 20.3 Å². The molecule has 3 unspecified atom stereocenters. The minimum absolute atomic E-state index is 0.173. The van der Waals surface area contributed by atoms with Crippen molar-refractivity contribution in [3.63, 3.8) is 0 Å². The maximum absolute atomic E-state index is 11.8. The van der Waals surface area contributed by atoms with Gasteiger partial charge in [0.25, 0.3) is 0 Å². The van der Waals surface area contributed by atoms with Crippen molar-refractivity contribution in [3.05, 3.63) is 0 Å². The van der Waals surface area contributed by atoms with Crippen molar-refractivity contribution < 1.29 is 14.3 Å². The molecule has 1 rings (SSSR count). The molecule has 1 heterocycles. The molecular formula is C11H21N3O3. The van der Waals surface area contributed by atoms with Crippen LogP contribution in [0.15, 0.2) is 0 Å². The van der Waals surface area contributed by atoms with Crippen LogP contribution in [-0.2, 0) is 14.3 Å². The molecule has 0 bridgehead atoms. The molecule has 2 amide bonds. The molecular weight excluding hydrogens is 222 g/mol. The molecule has 6 nitrogen and oxygen atoms in total. The van der Waals surface area contributed by atoms with Gasteiger partial charge in [-0.3, -0.25) is 9.59 Å². The maximum atomic E-state index is 11.8. The quantitative estimate of drug-likeness (QED) is 0.577. The first-order valence-corrected chi connectivity index (χ1v) is 5.97. The molecule has 0 radical (unpaired) electrons. The van der Waals surface area contributed by atoms with Gasteiger partial charge in [0, 0.05) is 12.6 Å². The van der Waals surface area contributed by atoms with Gasteiger partial charge >= 0.3 is 0 Å². The van der Waals surface area contributed by atoms with Crippen molar-refractivity contribution in [2.24, 2.45) is 11.7 Å². The Balaban J connectivity index is 2.37. The van der Waals surface area contributed by atoms with E-state index < -0.39 is 6.04 Å². The van der Waals surface area contributed by atoms with E-state index in [1.807, 2.05) is 6.92 Å². The first-order chi connectivity index (χ1) is 8.06. The van der Waals surface area contributed by atoms with Crippen molar-refractivity contribution in [1.29, 1.82) is 0 Å². The Labute approximate surface area is 101 Å². The van der Waals surface area contributed by atoms with Gasteiger partial charge in [-0.2, -0.15) is 0 Å². The molecule has 0 spiro atoms. The number of rotatable bonds is 5. The fraction of sp³-hybridized carbons (Fsp3) is 0.818. The van der Waals surface area contributed by atoms with E-state index in [-0.39, 0.29) is 23.8 Å². The normalized spacial score (nSPS) is 25.4. The van der Waals surface area contributed by atoms with Crippen LogP contribution >= 0.6 is 0 Å². The fourth-order valence-corrected chi connectivity index (χ4v) is 1.63. The van der Waals surface area contributed by atoms with Crippen molar-refractivity contribution in [2.75, 3.05) is 19.8 Å². The van der Waals surface area contributed by atoms with Gasteiger partial charge in [0.1, 0.15) is 6.04 Å². The first-order valence-electron chi connectivity index (χ1n) is 5.97. The van der Waals surface area contributed by atoms with Gasteiger partial charge in [-0.05, 0) is 13.3 Å². The Morgan fingerprint density at radius 3 is 2.71 bits per heavy atom. The van der Waals surface area contributed by atoms with Crippen LogP contribution in [0.5, 0.6) is 0 Å². The third kappa shape index (κ3) is 3.98. The Kier molecular flexibility index (Phi) is 5.37. The second-order valence-corrected chi connectivity index (χ2v) is 4.33. The molecule has 0 aromatic heterocycles. The van der Waals surface area contributed by atoms with Gasteiger partial charge in [-0.25, -0.2) is 0 Å². The summed E-state index contributed by atoms with van der Waals surface area (Å²) in [5, 5.41) is 5.37. The predicted octanol–water partition coefficient (Wildman–Crippen LogP) is -1.01. The molecule has 1 fully saturated rings. The van der Waals surface area contributed by atoms with Gasteiger partial charge in [0.05, 0.1) is 19.1 Å². The SMILES string of the molecule is CCCNC(=O)C(C)NC(=O)C1COCC1N. The molecule has 1 aliphatic heterocycles. The Bertz CT molecular complexity index is 283. The third-order valence-electron chi connectivity index (χ3n) is 2.76. The smallest absolute Gasteiger partial charge is 0.242 e. The zero-order valence-corrected chi connectivity index (χ0v) is 10.4. The van der Waals surface area contributed by atoms with Gasteiger partial charge < -0.3 is 21.1 Å². The highest BCUT2D eigenvalue weighted by Crippen LogP contribution is 2.11. The number of amides is 2. The summed E-state index contributed by atoms with van der Waals surface area (Å²) in [7, 11) is 0. The second kappa shape index (κ2) is 6.56. The van der Waals surface area contributed by atoms with Gasteiger partial charge in [-0.1, -0.05) is 6.92 Å². The van der Waals surface area contributed by atoms with Crippen LogP contribution in [0.25, 0.3) is 0 Å². The lowest BCUT2D eigenvalue weighted by atomic mass is 10.0. The molecule has 0 saturated carbocycles. The molecule has 17 heavy (non-hydrogen) atoms. The van der Waals surface area contributed by atoms with Crippen molar-refractivity contribution in [3.8, 4) is 0 Å². The van der Waals surface area contributed by atoms with Crippen LogP contribution in [0.2, 0.25) is 0 Å². The molecule has 4 N–H and O–H groups in total. The summed E-state index contributed by atoms with van der Waals surface area (Å²) in [6.45, 7) is 4.97. The number of nitrogens with two attached hydrogens (primary N) is 1. The number of hydrogen-bond acceptors (Lipinski definition) is 4. The average Bonchev–Trinajstić information content (AvgIpc) is 2.72. The minimum atomic E-state index is -0.540. The van der Waals surface area contributed by atoms with Crippen LogP contribution < -0.4 is 16.4 Å². The Morgan fingerprint density at radius 2 is 2.18 bits per heavy atom. The summed E-state index contributed by atoms with van der Waals surface area (Å²) in [6.07, 6.45) is 0.869.